The van der Waals surface area contributed by atoms with Crippen LogP contribution in [0.2, 0.25) is 10.0 Å². The number of hydrogen-bond donors (Lipinski definition) is 0. The predicted octanol–water partition coefficient (Wildman–Crippen LogP) is 3.51. The van der Waals surface area contributed by atoms with Gasteiger partial charge in [-0.2, -0.15) is 4.98 Å². The van der Waals surface area contributed by atoms with Gasteiger partial charge in [-0.05, 0) is 18.2 Å². The van der Waals surface area contributed by atoms with Crippen LogP contribution >= 0.6 is 23.2 Å². The summed E-state index contributed by atoms with van der Waals surface area (Å²) in [6.07, 6.45) is 1.36. The van der Waals surface area contributed by atoms with Crippen molar-refractivity contribution >= 4 is 23.2 Å². The minimum Gasteiger partial charge on any atom is -0.481 e. The Morgan fingerprint density at radius 3 is 2.76 bits per heavy atom. The van der Waals surface area contributed by atoms with Gasteiger partial charge in [0, 0.05) is 11.1 Å². The molecule has 0 aliphatic rings. The first-order valence-corrected chi connectivity index (χ1v) is 6.58. The van der Waals surface area contributed by atoms with Gasteiger partial charge in [-0.1, -0.05) is 28.4 Å². The summed E-state index contributed by atoms with van der Waals surface area (Å²) in [6.45, 7) is 0. The van der Waals surface area contributed by atoms with E-state index in [1.165, 1.54) is 13.4 Å². The second-order valence-corrected chi connectivity index (χ2v) is 4.84. The van der Waals surface area contributed by atoms with Crippen molar-refractivity contribution in [3.05, 3.63) is 40.6 Å². The Bertz CT molecular complexity index is 791. The molecule has 0 aliphatic heterocycles. The lowest BCUT2D eigenvalue weighted by Gasteiger charge is -1.99. The van der Waals surface area contributed by atoms with Gasteiger partial charge in [0.25, 0.3) is 5.89 Å². The highest BCUT2D eigenvalue weighted by molar-refractivity contribution is 6.36. The molecule has 0 saturated heterocycles. The number of rotatable bonds is 3. The molecule has 0 radical (unpaired) electrons. The summed E-state index contributed by atoms with van der Waals surface area (Å²) in [7, 11) is 1.52. The molecule has 2 aromatic heterocycles. The summed E-state index contributed by atoms with van der Waals surface area (Å²) in [5.74, 6) is 1.01. The normalized spacial score (nSPS) is 10.6. The number of hydrogen-bond acceptors (Lipinski definition) is 6. The van der Waals surface area contributed by atoms with Crippen LogP contribution in [-0.2, 0) is 0 Å². The zero-order chi connectivity index (χ0) is 14.8. The first kappa shape index (κ1) is 13.8. The number of ether oxygens (including phenoxy) is 1. The van der Waals surface area contributed by atoms with E-state index in [2.05, 4.69) is 20.1 Å². The maximum atomic E-state index is 6.11. The van der Waals surface area contributed by atoms with Gasteiger partial charge in [0.2, 0.25) is 11.7 Å². The van der Waals surface area contributed by atoms with Crippen LogP contribution in [0, 0.1) is 0 Å². The SMILES string of the molecule is COc1cc(-c2noc(-c3ccc(Cl)cc3Cl)n2)ncn1. The molecule has 6 nitrogen and oxygen atoms in total. The second kappa shape index (κ2) is 5.67. The molecule has 106 valence electrons. The predicted molar refractivity (Wildman–Crippen MR) is 77.3 cm³/mol. The molecule has 0 saturated carbocycles. The van der Waals surface area contributed by atoms with Gasteiger partial charge in [-0.3, -0.25) is 0 Å². The van der Waals surface area contributed by atoms with Crippen molar-refractivity contribution < 1.29 is 9.26 Å². The molecule has 3 rings (SSSR count). The Balaban J connectivity index is 1.99. The van der Waals surface area contributed by atoms with Gasteiger partial charge in [-0.15, -0.1) is 0 Å². The van der Waals surface area contributed by atoms with Crippen LogP contribution in [0.5, 0.6) is 5.88 Å². The number of halogens is 2. The molecule has 0 amide bonds. The maximum Gasteiger partial charge on any atom is 0.259 e. The lowest BCUT2D eigenvalue weighted by atomic mass is 10.2. The second-order valence-electron chi connectivity index (χ2n) is 3.99. The highest BCUT2D eigenvalue weighted by atomic mass is 35.5. The average Bonchev–Trinajstić information content (AvgIpc) is 2.97. The van der Waals surface area contributed by atoms with Crippen LogP contribution in [0.3, 0.4) is 0 Å². The van der Waals surface area contributed by atoms with Crippen molar-refractivity contribution in [3.8, 4) is 28.9 Å². The van der Waals surface area contributed by atoms with Crippen molar-refractivity contribution in [2.75, 3.05) is 7.11 Å². The summed E-state index contributed by atoms with van der Waals surface area (Å²) in [5, 5.41) is 4.84. The molecular weight excluding hydrogens is 315 g/mol. The molecule has 1 aromatic carbocycles. The highest BCUT2D eigenvalue weighted by Gasteiger charge is 2.15. The Hall–Kier alpha value is -2.18. The molecular formula is C13H8Cl2N4O2. The maximum absolute atomic E-state index is 6.11. The fourth-order valence-corrected chi connectivity index (χ4v) is 2.16. The van der Waals surface area contributed by atoms with Gasteiger partial charge in [0.1, 0.15) is 12.0 Å². The van der Waals surface area contributed by atoms with Crippen LogP contribution in [0.4, 0.5) is 0 Å². The number of aromatic nitrogens is 4. The fourth-order valence-electron chi connectivity index (χ4n) is 1.67. The van der Waals surface area contributed by atoms with Crippen LogP contribution < -0.4 is 4.74 Å². The van der Waals surface area contributed by atoms with Crippen LogP contribution in [0.15, 0.2) is 35.1 Å². The monoisotopic (exact) mass is 322 g/mol. The third-order valence-corrected chi connectivity index (χ3v) is 3.22. The van der Waals surface area contributed by atoms with Gasteiger partial charge >= 0.3 is 0 Å². The van der Waals surface area contributed by atoms with Gasteiger partial charge in [0.15, 0.2) is 0 Å². The third-order valence-electron chi connectivity index (χ3n) is 2.67. The van der Waals surface area contributed by atoms with E-state index in [0.29, 0.717) is 33.0 Å². The highest BCUT2D eigenvalue weighted by Crippen LogP contribution is 2.30. The Morgan fingerprint density at radius 2 is 2.00 bits per heavy atom. The van der Waals surface area contributed by atoms with Gasteiger partial charge < -0.3 is 9.26 Å². The molecule has 0 N–H and O–H groups in total. The molecule has 3 aromatic rings. The van der Waals surface area contributed by atoms with E-state index < -0.39 is 0 Å². The van der Waals surface area contributed by atoms with Crippen LogP contribution in [0.1, 0.15) is 0 Å². The summed E-state index contributed by atoms with van der Waals surface area (Å²) < 4.78 is 10.2. The van der Waals surface area contributed by atoms with Gasteiger partial charge in [0.05, 0.1) is 17.7 Å². The quantitative estimate of drug-likeness (QED) is 0.734. The molecule has 0 unspecified atom stereocenters. The van der Waals surface area contributed by atoms with Gasteiger partial charge in [-0.25, -0.2) is 9.97 Å². The molecule has 0 atom stereocenters. The van der Waals surface area contributed by atoms with E-state index in [1.54, 1.807) is 24.3 Å². The van der Waals surface area contributed by atoms with E-state index in [1.807, 2.05) is 0 Å². The summed E-state index contributed by atoms with van der Waals surface area (Å²) >= 11 is 12.0. The molecule has 0 fully saturated rings. The molecule has 0 bridgehead atoms. The van der Waals surface area contributed by atoms with Crippen molar-refractivity contribution in [2.24, 2.45) is 0 Å². The van der Waals surface area contributed by atoms with Crippen LogP contribution in [0.25, 0.3) is 23.0 Å². The fraction of sp³-hybridized carbons (Fsp3) is 0.0769. The average molecular weight is 323 g/mol. The topological polar surface area (TPSA) is 73.9 Å². The molecule has 2 heterocycles. The van der Waals surface area contributed by atoms with Crippen molar-refractivity contribution in [1.82, 2.24) is 20.1 Å². The summed E-state index contributed by atoms with van der Waals surface area (Å²) in [6, 6.07) is 6.62. The molecule has 0 aliphatic carbocycles. The minimum absolute atomic E-state index is 0.282. The molecule has 0 spiro atoms. The number of methoxy groups -OCH3 is 1. The van der Waals surface area contributed by atoms with E-state index in [4.69, 9.17) is 32.5 Å². The van der Waals surface area contributed by atoms with Crippen molar-refractivity contribution in [1.29, 1.82) is 0 Å². The Labute approximate surface area is 129 Å². The largest absolute Gasteiger partial charge is 0.481 e. The first-order chi connectivity index (χ1) is 10.2. The standard InChI is InChI=1S/C13H8Cl2N4O2/c1-20-11-5-10(16-6-17-11)12-18-13(21-19-12)8-3-2-7(14)4-9(8)15/h2-6H,1H3. The minimum atomic E-state index is 0.282. The zero-order valence-corrected chi connectivity index (χ0v) is 12.3. The van der Waals surface area contributed by atoms with E-state index in [-0.39, 0.29) is 5.89 Å². The summed E-state index contributed by atoms with van der Waals surface area (Å²) in [4.78, 5) is 12.3. The summed E-state index contributed by atoms with van der Waals surface area (Å²) in [5.41, 5.74) is 1.09. The Kier molecular flexibility index (Phi) is 3.72. The molecule has 21 heavy (non-hydrogen) atoms. The third kappa shape index (κ3) is 2.81. The lowest BCUT2D eigenvalue weighted by molar-refractivity contribution is 0.397. The van der Waals surface area contributed by atoms with E-state index >= 15 is 0 Å². The van der Waals surface area contributed by atoms with Crippen molar-refractivity contribution in [2.45, 2.75) is 0 Å². The smallest absolute Gasteiger partial charge is 0.259 e. The number of benzene rings is 1. The van der Waals surface area contributed by atoms with Crippen LogP contribution in [-0.4, -0.2) is 27.2 Å². The van der Waals surface area contributed by atoms with E-state index in [9.17, 15) is 0 Å². The lowest BCUT2D eigenvalue weighted by Crippen LogP contribution is -1.91. The first-order valence-electron chi connectivity index (χ1n) is 5.83. The van der Waals surface area contributed by atoms with E-state index in [0.717, 1.165) is 0 Å². The molecule has 8 heteroatoms. The zero-order valence-electron chi connectivity index (χ0n) is 10.7. The van der Waals surface area contributed by atoms with Crippen molar-refractivity contribution in [3.63, 3.8) is 0 Å². The number of nitrogens with zero attached hydrogens (tertiary/aromatic N) is 4. The Morgan fingerprint density at radius 1 is 1.14 bits per heavy atom.